The molecule has 2 heterocycles. The zero-order valence-corrected chi connectivity index (χ0v) is 18.0. The molecule has 0 radical (unpaired) electrons. The first-order valence-electron chi connectivity index (χ1n) is 10.4. The van der Waals surface area contributed by atoms with Crippen molar-refractivity contribution in [1.29, 1.82) is 0 Å². The lowest BCUT2D eigenvalue weighted by Gasteiger charge is -2.16. The molecule has 156 valence electrons. The van der Waals surface area contributed by atoms with E-state index in [1.807, 2.05) is 55.5 Å². The number of carbonyl (C=O) groups is 1. The topological polar surface area (TPSA) is 63.1 Å². The van der Waals surface area contributed by atoms with Gasteiger partial charge in [-0.15, -0.1) is 10.2 Å². The Kier molecular flexibility index (Phi) is 6.81. The van der Waals surface area contributed by atoms with Gasteiger partial charge in [-0.3, -0.25) is 14.3 Å². The van der Waals surface area contributed by atoms with Gasteiger partial charge >= 0.3 is 0 Å². The molecule has 1 aliphatic rings. The molecule has 2 aromatic carbocycles. The minimum atomic E-state index is -0.0305. The number of hydrogen-bond donors (Lipinski definition) is 1. The molecule has 7 heteroatoms. The lowest BCUT2D eigenvalue weighted by molar-refractivity contribution is -0.119. The minimum absolute atomic E-state index is 0.0138. The van der Waals surface area contributed by atoms with Crippen LogP contribution in [-0.4, -0.2) is 44.4 Å². The first kappa shape index (κ1) is 20.6. The number of nitrogens with one attached hydrogen (secondary N) is 1. The summed E-state index contributed by atoms with van der Waals surface area (Å²) in [5.74, 6) is 1.20. The molecule has 6 nitrogen and oxygen atoms in total. The van der Waals surface area contributed by atoms with Crippen molar-refractivity contribution in [3.63, 3.8) is 0 Å². The number of aromatic nitrogens is 3. The number of carbonyl (C=O) groups excluding carboxylic acids is 1. The van der Waals surface area contributed by atoms with E-state index in [4.69, 9.17) is 0 Å². The van der Waals surface area contributed by atoms with Crippen LogP contribution in [0.1, 0.15) is 37.2 Å². The molecule has 1 aromatic heterocycles. The predicted molar refractivity (Wildman–Crippen MR) is 120 cm³/mol. The van der Waals surface area contributed by atoms with E-state index >= 15 is 0 Å². The van der Waals surface area contributed by atoms with Gasteiger partial charge in [0, 0.05) is 5.69 Å². The van der Waals surface area contributed by atoms with Gasteiger partial charge in [-0.05, 0) is 50.6 Å². The predicted octanol–water partition coefficient (Wildman–Crippen LogP) is 3.83. The fourth-order valence-electron chi connectivity index (χ4n) is 3.71. The van der Waals surface area contributed by atoms with Crippen LogP contribution < -0.4 is 5.32 Å². The fraction of sp³-hybridized carbons (Fsp3) is 0.348. The summed E-state index contributed by atoms with van der Waals surface area (Å²) in [6.45, 7) is 4.98. The average Bonchev–Trinajstić information content (AvgIpc) is 3.44. The summed E-state index contributed by atoms with van der Waals surface area (Å²) in [5.41, 5.74) is 2.12. The van der Waals surface area contributed by atoms with Crippen molar-refractivity contribution in [3.05, 3.63) is 72.1 Å². The van der Waals surface area contributed by atoms with Crippen molar-refractivity contribution in [2.45, 2.75) is 37.5 Å². The number of likely N-dealkylation sites (tertiary alicyclic amines) is 1. The van der Waals surface area contributed by atoms with Crippen LogP contribution in [0, 0.1) is 0 Å². The van der Waals surface area contributed by atoms with E-state index in [-0.39, 0.29) is 11.9 Å². The summed E-state index contributed by atoms with van der Waals surface area (Å²) < 4.78 is 2.08. The fourth-order valence-corrected chi connectivity index (χ4v) is 4.49. The summed E-state index contributed by atoms with van der Waals surface area (Å²) in [6, 6.07) is 20.1. The summed E-state index contributed by atoms with van der Waals surface area (Å²) in [6.07, 6.45) is 2.47. The van der Waals surface area contributed by atoms with Gasteiger partial charge < -0.3 is 5.32 Å². The molecular formula is C23H27N5OS. The zero-order valence-electron chi connectivity index (χ0n) is 17.2. The third-order valence-electron chi connectivity index (χ3n) is 5.29. The molecule has 0 spiro atoms. The van der Waals surface area contributed by atoms with Crippen LogP contribution in [0.5, 0.6) is 0 Å². The molecule has 1 atom stereocenters. The van der Waals surface area contributed by atoms with Crippen molar-refractivity contribution < 1.29 is 4.79 Å². The molecular weight excluding hydrogens is 394 g/mol. The molecule has 1 saturated heterocycles. The van der Waals surface area contributed by atoms with Crippen molar-refractivity contribution in [2.75, 3.05) is 18.8 Å². The largest absolute Gasteiger partial charge is 0.349 e. The van der Waals surface area contributed by atoms with E-state index in [1.165, 1.54) is 24.6 Å². The van der Waals surface area contributed by atoms with Gasteiger partial charge in [-0.25, -0.2) is 0 Å². The number of nitrogens with zero attached hydrogens (tertiary/aromatic N) is 4. The normalized spacial score (nSPS) is 15.2. The Bertz CT molecular complexity index is 954. The van der Waals surface area contributed by atoms with Crippen LogP contribution >= 0.6 is 11.8 Å². The molecule has 4 rings (SSSR count). The second-order valence-corrected chi connectivity index (χ2v) is 8.48. The van der Waals surface area contributed by atoms with Crippen LogP contribution in [0.15, 0.2) is 65.8 Å². The second-order valence-electron chi connectivity index (χ2n) is 7.54. The molecule has 0 aliphatic carbocycles. The highest BCUT2D eigenvalue weighted by Crippen LogP contribution is 2.24. The van der Waals surface area contributed by atoms with E-state index in [0.717, 1.165) is 41.9 Å². The SMILES string of the molecule is CC(NC(=O)CSc1nnc(CN2CCCC2)n1-c1ccccc1)c1ccccc1. The Labute approximate surface area is 181 Å². The van der Waals surface area contributed by atoms with E-state index < -0.39 is 0 Å². The second kappa shape index (κ2) is 9.91. The molecule has 0 bridgehead atoms. The Hall–Kier alpha value is -2.64. The maximum absolute atomic E-state index is 12.5. The van der Waals surface area contributed by atoms with Crippen LogP contribution in [0.25, 0.3) is 5.69 Å². The van der Waals surface area contributed by atoms with Gasteiger partial charge in [0.25, 0.3) is 0 Å². The highest BCUT2D eigenvalue weighted by atomic mass is 32.2. The van der Waals surface area contributed by atoms with E-state index in [1.54, 1.807) is 0 Å². The van der Waals surface area contributed by atoms with E-state index in [2.05, 4.69) is 37.1 Å². The number of thioether (sulfide) groups is 1. The maximum Gasteiger partial charge on any atom is 0.230 e. The van der Waals surface area contributed by atoms with Crippen molar-refractivity contribution >= 4 is 17.7 Å². The number of rotatable bonds is 8. The third kappa shape index (κ3) is 5.09. The van der Waals surface area contributed by atoms with Crippen LogP contribution in [-0.2, 0) is 11.3 Å². The molecule has 1 aliphatic heterocycles. The van der Waals surface area contributed by atoms with Crippen molar-refractivity contribution in [3.8, 4) is 5.69 Å². The molecule has 1 unspecified atom stereocenters. The Balaban J connectivity index is 1.45. The van der Waals surface area contributed by atoms with E-state index in [9.17, 15) is 4.79 Å². The number of hydrogen-bond acceptors (Lipinski definition) is 5. The number of amides is 1. The van der Waals surface area contributed by atoms with E-state index in [0.29, 0.717) is 5.75 Å². The van der Waals surface area contributed by atoms with Gasteiger partial charge in [0.15, 0.2) is 11.0 Å². The van der Waals surface area contributed by atoms with Crippen molar-refractivity contribution in [2.24, 2.45) is 0 Å². The Morgan fingerprint density at radius 1 is 1.03 bits per heavy atom. The smallest absolute Gasteiger partial charge is 0.230 e. The highest BCUT2D eigenvalue weighted by Gasteiger charge is 2.20. The lowest BCUT2D eigenvalue weighted by atomic mass is 10.1. The molecule has 0 saturated carbocycles. The Morgan fingerprint density at radius 3 is 2.40 bits per heavy atom. The quantitative estimate of drug-likeness (QED) is 0.560. The van der Waals surface area contributed by atoms with Gasteiger partial charge in [0.2, 0.25) is 5.91 Å². The minimum Gasteiger partial charge on any atom is -0.349 e. The molecule has 1 amide bonds. The van der Waals surface area contributed by atoms with Gasteiger partial charge in [-0.1, -0.05) is 60.3 Å². The maximum atomic E-state index is 12.5. The third-order valence-corrected chi connectivity index (χ3v) is 6.22. The van der Waals surface area contributed by atoms with Gasteiger partial charge in [0.1, 0.15) is 0 Å². The number of benzene rings is 2. The first-order valence-corrected chi connectivity index (χ1v) is 11.4. The van der Waals surface area contributed by atoms with Crippen molar-refractivity contribution in [1.82, 2.24) is 25.0 Å². The monoisotopic (exact) mass is 421 g/mol. The van der Waals surface area contributed by atoms with Gasteiger partial charge in [-0.2, -0.15) is 0 Å². The molecule has 3 aromatic rings. The molecule has 30 heavy (non-hydrogen) atoms. The summed E-state index contributed by atoms with van der Waals surface area (Å²) >= 11 is 1.42. The standard InChI is InChI=1S/C23H27N5OS/c1-18(19-10-4-2-5-11-19)24-22(29)17-30-23-26-25-21(16-27-14-8-9-15-27)28(23)20-12-6-3-7-13-20/h2-7,10-13,18H,8-9,14-17H2,1H3,(H,24,29). The summed E-state index contributed by atoms with van der Waals surface area (Å²) in [7, 11) is 0. The Morgan fingerprint density at radius 2 is 1.70 bits per heavy atom. The molecule has 1 fully saturated rings. The average molecular weight is 422 g/mol. The van der Waals surface area contributed by atoms with Crippen LogP contribution in [0.3, 0.4) is 0 Å². The number of para-hydroxylation sites is 1. The van der Waals surface area contributed by atoms with Crippen LogP contribution in [0.2, 0.25) is 0 Å². The highest BCUT2D eigenvalue weighted by molar-refractivity contribution is 7.99. The summed E-state index contributed by atoms with van der Waals surface area (Å²) in [4.78, 5) is 14.9. The zero-order chi connectivity index (χ0) is 20.8. The lowest BCUT2D eigenvalue weighted by Crippen LogP contribution is -2.28. The summed E-state index contributed by atoms with van der Waals surface area (Å²) in [5, 5.41) is 12.7. The van der Waals surface area contributed by atoms with Gasteiger partial charge in [0.05, 0.1) is 18.3 Å². The first-order chi connectivity index (χ1) is 14.7. The molecule has 1 N–H and O–H groups in total. The van der Waals surface area contributed by atoms with Crippen LogP contribution in [0.4, 0.5) is 0 Å².